The molecule has 0 radical (unpaired) electrons. The summed E-state index contributed by atoms with van der Waals surface area (Å²) in [5.74, 6) is 1.02. The van der Waals surface area contributed by atoms with Gasteiger partial charge in [0.05, 0.1) is 0 Å². The van der Waals surface area contributed by atoms with Crippen LogP contribution in [0.2, 0.25) is 0 Å². The van der Waals surface area contributed by atoms with Crippen molar-refractivity contribution in [3.63, 3.8) is 0 Å². The molecule has 3 nitrogen and oxygen atoms in total. The van der Waals surface area contributed by atoms with Crippen LogP contribution in [0.1, 0.15) is 20.3 Å². The van der Waals surface area contributed by atoms with Gasteiger partial charge in [0.25, 0.3) is 0 Å². The summed E-state index contributed by atoms with van der Waals surface area (Å²) in [5, 5.41) is 0. The van der Waals surface area contributed by atoms with Crippen LogP contribution in [0.25, 0.3) is 0 Å². The molecule has 2 unspecified atom stereocenters. The maximum atomic E-state index is 10.9. The lowest BCUT2D eigenvalue weighted by atomic mass is 10.1. The summed E-state index contributed by atoms with van der Waals surface area (Å²) < 4.78 is 0. The van der Waals surface area contributed by atoms with E-state index in [9.17, 15) is 4.79 Å². The van der Waals surface area contributed by atoms with E-state index in [-0.39, 0.29) is 0 Å². The maximum absolute atomic E-state index is 10.9. The second-order valence-electron chi connectivity index (χ2n) is 4.72. The predicted octanol–water partition coefficient (Wildman–Crippen LogP) is 0.847. The van der Waals surface area contributed by atoms with Crippen LogP contribution in [0.15, 0.2) is 0 Å². The number of rotatable bonds is 4. The Morgan fingerprint density at radius 3 is 2.50 bits per heavy atom. The van der Waals surface area contributed by atoms with Gasteiger partial charge in [0.15, 0.2) is 0 Å². The van der Waals surface area contributed by atoms with E-state index in [0.717, 1.165) is 25.6 Å². The van der Waals surface area contributed by atoms with Crippen molar-refractivity contribution in [1.29, 1.82) is 0 Å². The third-order valence-electron chi connectivity index (χ3n) is 3.09. The second-order valence-corrected chi connectivity index (χ2v) is 4.72. The quantitative estimate of drug-likeness (QED) is 0.669. The van der Waals surface area contributed by atoms with E-state index in [1.807, 2.05) is 0 Å². The van der Waals surface area contributed by atoms with Crippen molar-refractivity contribution in [2.75, 3.05) is 33.7 Å². The van der Waals surface area contributed by atoms with Crippen LogP contribution in [0, 0.1) is 5.92 Å². The molecule has 1 saturated heterocycles. The number of likely N-dealkylation sites (N-methyl/N-ethyl adjacent to an activating group) is 1. The Hall–Kier alpha value is -0.410. The van der Waals surface area contributed by atoms with Crippen molar-refractivity contribution in [2.45, 2.75) is 26.3 Å². The Balaban J connectivity index is 2.35. The number of hydrogen-bond donors (Lipinski definition) is 0. The normalized spacial score (nSPS) is 28.6. The van der Waals surface area contributed by atoms with E-state index in [2.05, 4.69) is 30.8 Å². The van der Waals surface area contributed by atoms with Gasteiger partial charge in [-0.05, 0) is 26.9 Å². The fourth-order valence-corrected chi connectivity index (χ4v) is 2.22. The van der Waals surface area contributed by atoms with E-state index in [1.54, 1.807) is 6.92 Å². The number of likely N-dealkylation sites (tertiary alicyclic amines) is 1. The van der Waals surface area contributed by atoms with Crippen molar-refractivity contribution in [3.8, 4) is 0 Å². The van der Waals surface area contributed by atoms with Crippen LogP contribution in [-0.2, 0) is 4.79 Å². The Morgan fingerprint density at radius 2 is 2.07 bits per heavy atom. The minimum atomic E-state index is 0.297. The van der Waals surface area contributed by atoms with E-state index in [0.29, 0.717) is 18.2 Å². The molecule has 0 aromatic carbocycles. The summed E-state index contributed by atoms with van der Waals surface area (Å²) in [4.78, 5) is 15.5. The first-order chi connectivity index (χ1) is 6.50. The van der Waals surface area contributed by atoms with Gasteiger partial charge in [-0.2, -0.15) is 0 Å². The molecule has 82 valence electrons. The number of carbonyl (C=O) groups excluding carboxylic acids is 1. The van der Waals surface area contributed by atoms with Gasteiger partial charge < -0.3 is 9.80 Å². The van der Waals surface area contributed by atoms with Crippen LogP contribution < -0.4 is 0 Å². The molecule has 0 spiro atoms. The van der Waals surface area contributed by atoms with Gasteiger partial charge in [0.2, 0.25) is 0 Å². The minimum absolute atomic E-state index is 0.297. The Labute approximate surface area is 87.1 Å². The van der Waals surface area contributed by atoms with E-state index < -0.39 is 0 Å². The average Bonchev–Trinajstić information content (AvgIpc) is 2.43. The van der Waals surface area contributed by atoms with Crippen molar-refractivity contribution >= 4 is 5.78 Å². The van der Waals surface area contributed by atoms with Crippen LogP contribution in [0.5, 0.6) is 0 Å². The topological polar surface area (TPSA) is 23.6 Å². The molecular formula is C11H22N2O. The largest absolute Gasteiger partial charge is 0.305 e. The Kier molecular flexibility index (Phi) is 4.08. The van der Waals surface area contributed by atoms with Gasteiger partial charge in [-0.25, -0.2) is 0 Å². The lowest BCUT2D eigenvalue weighted by Crippen LogP contribution is -2.34. The molecule has 0 saturated carbocycles. The molecule has 0 aromatic heterocycles. The molecule has 0 bridgehead atoms. The predicted molar refractivity (Wildman–Crippen MR) is 58.4 cm³/mol. The first-order valence-corrected chi connectivity index (χ1v) is 5.39. The lowest BCUT2D eigenvalue weighted by molar-refractivity contribution is -0.117. The number of ketones is 1. The van der Waals surface area contributed by atoms with Gasteiger partial charge >= 0.3 is 0 Å². The molecule has 0 N–H and O–H groups in total. The Morgan fingerprint density at radius 1 is 1.43 bits per heavy atom. The van der Waals surface area contributed by atoms with E-state index in [1.165, 1.54) is 0 Å². The summed E-state index contributed by atoms with van der Waals surface area (Å²) >= 11 is 0. The first-order valence-electron chi connectivity index (χ1n) is 5.39. The molecule has 1 aliphatic rings. The zero-order valence-corrected chi connectivity index (χ0v) is 9.79. The zero-order chi connectivity index (χ0) is 10.7. The van der Waals surface area contributed by atoms with Crippen LogP contribution in [0.3, 0.4) is 0 Å². The second kappa shape index (κ2) is 4.89. The Bertz CT molecular complexity index is 203. The lowest BCUT2D eigenvalue weighted by Gasteiger charge is -2.22. The number of carbonyl (C=O) groups is 1. The summed E-state index contributed by atoms with van der Waals surface area (Å²) in [7, 11) is 4.27. The van der Waals surface area contributed by atoms with Gasteiger partial charge in [-0.1, -0.05) is 6.92 Å². The molecule has 1 heterocycles. The fourth-order valence-electron chi connectivity index (χ4n) is 2.22. The monoisotopic (exact) mass is 198 g/mol. The smallest absolute Gasteiger partial charge is 0.131 e. The van der Waals surface area contributed by atoms with Crippen molar-refractivity contribution < 1.29 is 4.79 Å². The molecule has 1 rings (SSSR count). The average molecular weight is 198 g/mol. The van der Waals surface area contributed by atoms with Gasteiger partial charge in [0, 0.05) is 32.1 Å². The van der Waals surface area contributed by atoms with Crippen LogP contribution in [0.4, 0.5) is 0 Å². The summed E-state index contributed by atoms with van der Waals surface area (Å²) in [5.41, 5.74) is 0. The highest BCUT2D eigenvalue weighted by atomic mass is 16.1. The molecule has 0 aromatic rings. The number of nitrogens with zero attached hydrogens (tertiary/aromatic N) is 2. The summed E-state index contributed by atoms with van der Waals surface area (Å²) in [6.45, 7) is 7.14. The third-order valence-corrected chi connectivity index (χ3v) is 3.09. The summed E-state index contributed by atoms with van der Waals surface area (Å²) in [6, 6.07) is 0.655. The summed E-state index contributed by atoms with van der Waals surface area (Å²) in [6.07, 6.45) is 0.701. The molecule has 1 fully saturated rings. The highest BCUT2D eigenvalue weighted by Crippen LogP contribution is 2.19. The molecule has 2 atom stereocenters. The zero-order valence-electron chi connectivity index (χ0n) is 9.79. The molecule has 3 heteroatoms. The van der Waals surface area contributed by atoms with Crippen molar-refractivity contribution in [3.05, 3.63) is 0 Å². The van der Waals surface area contributed by atoms with Crippen molar-refractivity contribution in [2.24, 2.45) is 5.92 Å². The molecular weight excluding hydrogens is 176 g/mol. The number of Topliss-reactive ketones (excluding diaryl/α,β-unsaturated/α-hetero) is 1. The highest BCUT2D eigenvalue weighted by Gasteiger charge is 2.30. The SMILES string of the molecule is CC(=O)CCN1CC(C)C(N(C)C)C1. The molecule has 1 aliphatic heterocycles. The van der Waals surface area contributed by atoms with Crippen molar-refractivity contribution in [1.82, 2.24) is 9.80 Å². The van der Waals surface area contributed by atoms with Gasteiger partial charge in [0.1, 0.15) is 5.78 Å². The highest BCUT2D eigenvalue weighted by molar-refractivity contribution is 5.75. The van der Waals surface area contributed by atoms with Gasteiger partial charge in [-0.3, -0.25) is 4.79 Å². The third kappa shape index (κ3) is 3.07. The molecule has 0 aliphatic carbocycles. The van der Waals surface area contributed by atoms with Crippen LogP contribution in [-0.4, -0.2) is 55.4 Å². The number of hydrogen-bond acceptors (Lipinski definition) is 3. The molecule has 0 amide bonds. The molecule has 14 heavy (non-hydrogen) atoms. The first kappa shape index (κ1) is 11.7. The van der Waals surface area contributed by atoms with E-state index in [4.69, 9.17) is 0 Å². The minimum Gasteiger partial charge on any atom is -0.305 e. The maximum Gasteiger partial charge on any atom is 0.131 e. The van der Waals surface area contributed by atoms with Crippen LogP contribution >= 0.6 is 0 Å². The van der Waals surface area contributed by atoms with Gasteiger partial charge in [-0.15, -0.1) is 0 Å². The van der Waals surface area contributed by atoms with E-state index >= 15 is 0 Å². The fraction of sp³-hybridized carbons (Fsp3) is 0.909. The standard InChI is InChI=1S/C11H22N2O/c1-9-7-13(6-5-10(2)14)8-11(9)12(3)4/h9,11H,5-8H2,1-4H3.